The molecule has 0 radical (unpaired) electrons. The smallest absolute Gasteiger partial charge is 0.293 e. The molecule has 0 N–H and O–H groups in total. The summed E-state index contributed by atoms with van der Waals surface area (Å²) in [7, 11) is 3.40. The van der Waals surface area contributed by atoms with Gasteiger partial charge in [-0.1, -0.05) is 0 Å². The molecule has 9 heteroatoms. The van der Waals surface area contributed by atoms with Crippen molar-refractivity contribution in [2.45, 2.75) is 6.10 Å². The second-order valence-corrected chi connectivity index (χ2v) is 6.15. The van der Waals surface area contributed by atoms with E-state index >= 15 is 0 Å². The number of rotatable bonds is 4. The highest BCUT2D eigenvalue weighted by Crippen LogP contribution is 2.14. The highest BCUT2D eigenvalue weighted by Gasteiger charge is 2.28. The maximum absolute atomic E-state index is 13.8. The van der Waals surface area contributed by atoms with Gasteiger partial charge < -0.3 is 19.1 Å². The normalized spacial score (nSPS) is 17.2. The van der Waals surface area contributed by atoms with Crippen LogP contribution in [0.15, 0.2) is 35.6 Å². The summed E-state index contributed by atoms with van der Waals surface area (Å²) < 4.78 is 21.0. The quantitative estimate of drug-likeness (QED) is 0.779. The van der Waals surface area contributed by atoms with Gasteiger partial charge in [0.2, 0.25) is 0 Å². The van der Waals surface area contributed by atoms with Crippen LogP contribution in [-0.4, -0.2) is 64.7 Å². The van der Waals surface area contributed by atoms with Gasteiger partial charge >= 0.3 is 0 Å². The predicted molar refractivity (Wildman–Crippen MR) is 92.6 cm³/mol. The number of pyridine rings is 1. The molecule has 2 aromatic rings. The third kappa shape index (κ3) is 3.72. The number of carbonyl (C=O) groups excluding carboxylic acids is 1. The Labute approximate surface area is 149 Å². The van der Waals surface area contributed by atoms with Gasteiger partial charge in [0.25, 0.3) is 11.5 Å². The minimum absolute atomic E-state index is 0.00685. The Morgan fingerprint density at radius 3 is 3.04 bits per heavy atom. The Hall–Kier alpha value is -2.81. The molecule has 1 aliphatic rings. The fourth-order valence-electron chi connectivity index (χ4n) is 2.87. The van der Waals surface area contributed by atoms with Crippen LogP contribution in [0.4, 0.5) is 10.2 Å². The first-order valence-electron chi connectivity index (χ1n) is 8.20. The van der Waals surface area contributed by atoms with Crippen molar-refractivity contribution >= 4 is 11.7 Å². The molecule has 1 unspecified atom stereocenters. The van der Waals surface area contributed by atoms with Crippen LogP contribution in [-0.2, 0) is 11.8 Å². The molecule has 138 valence electrons. The van der Waals surface area contributed by atoms with Crippen molar-refractivity contribution in [2.75, 3.05) is 38.2 Å². The largest absolute Gasteiger partial charge is 0.373 e. The van der Waals surface area contributed by atoms with Gasteiger partial charge in [0, 0.05) is 52.3 Å². The second kappa shape index (κ2) is 7.61. The average molecular weight is 361 g/mol. The third-order valence-electron chi connectivity index (χ3n) is 4.27. The van der Waals surface area contributed by atoms with E-state index in [0.29, 0.717) is 32.1 Å². The molecule has 1 amide bonds. The Kier molecular flexibility index (Phi) is 5.27. The van der Waals surface area contributed by atoms with Crippen molar-refractivity contribution in [1.82, 2.24) is 19.4 Å². The van der Waals surface area contributed by atoms with Gasteiger partial charge in [-0.05, 0) is 6.07 Å². The SMILES string of the molecule is CN(CC1CN(C(=O)c2ccncc2F)CCO1)c1nccn(C)c1=O. The standard InChI is InChI=1S/C17H20FN5O3/c1-21-6-5-20-15(17(21)25)22(2)10-12-11-23(7-8-26-12)16(24)13-3-4-19-9-14(13)18/h3-6,9,12H,7-8,10-11H2,1-2H3. The fraction of sp³-hybridized carbons (Fsp3) is 0.412. The lowest BCUT2D eigenvalue weighted by atomic mass is 10.2. The van der Waals surface area contributed by atoms with Crippen LogP contribution in [0.3, 0.4) is 0 Å². The van der Waals surface area contributed by atoms with Crippen molar-refractivity contribution in [2.24, 2.45) is 7.05 Å². The molecule has 1 aliphatic heterocycles. The molecule has 0 saturated carbocycles. The van der Waals surface area contributed by atoms with Gasteiger partial charge in [0.05, 0.1) is 24.5 Å². The fourth-order valence-corrected chi connectivity index (χ4v) is 2.87. The van der Waals surface area contributed by atoms with Crippen LogP contribution in [0.1, 0.15) is 10.4 Å². The summed E-state index contributed by atoms with van der Waals surface area (Å²) in [5.74, 6) is -0.730. The summed E-state index contributed by atoms with van der Waals surface area (Å²) in [5, 5.41) is 0. The van der Waals surface area contributed by atoms with E-state index in [1.54, 1.807) is 36.3 Å². The number of carbonyl (C=O) groups is 1. The maximum atomic E-state index is 13.8. The van der Waals surface area contributed by atoms with Crippen molar-refractivity contribution in [3.8, 4) is 0 Å². The zero-order chi connectivity index (χ0) is 18.7. The number of ether oxygens (including phenoxy) is 1. The minimum atomic E-state index is -0.644. The van der Waals surface area contributed by atoms with Gasteiger partial charge in [0.15, 0.2) is 11.6 Å². The number of anilines is 1. The topological polar surface area (TPSA) is 80.6 Å². The van der Waals surface area contributed by atoms with Gasteiger partial charge in [-0.15, -0.1) is 0 Å². The van der Waals surface area contributed by atoms with Gasteiger partial charge in [-0.2, -0.15) is 0 Å². The molecule has 26 heavy (non-hydrogen) atoms. The number of aryl methyl sites for hydroxylation is 1. The van der Waals surface area contributed by atoms with E-state index in [-0.39, 0.29) is 17.2 Å². The summed E-state index contributed by atoms with van der Waals surface area (Å²) in [5.41, 5.74) is -0.217. The van der Waals surface area contributed by atoms with Crippen molar-refractivity contribution in [1.29, 1.82) is 0 Å². The van der Waals surface area contributed by atoms with Crippen molar-refractivity contribution in [3.05, 3.63) is 52.6 Å². The minimum Gasteiger partial charge on any atom is -0.373 e. The van der Waals surface area contributed by atoms with Crippen LogP contribution >= 0.6 is 0 Å². The molecule has 8 nitrogen and oxygen atoms in total. The maximum Gasteiger partial charge on any atom is 0.293 e. The summed E-state index contributed by atoms with van der Waals surface area (Å²) in [4.78, 5) is 35.7. The Morgan fingerprint density at radius 1 is 1.46 bits per heavy atom. The number of amides is 1. The Bertz CT molecular complexity index is 856. The lowest BCUT2D eigenvalue weighted by Crippen LogP contribution is -2.50. The van der Waals surface area contributed by atoms with Gasteiger partial charge in [-0.3, -0.25) is 14.6 Å². The van der Waals surface area contributed by atoms with Crippen molar-refractivity contribution in [3.63, 3.8) is 0 Å². The molecule has 0 bridgehead atoms. The first-order valence-corrected chi connectivity index (χ1v) is 8.20. The van der Waals surface area contributed by atoms with E-state index in [2.05, 4.69) is 9.97 Å². The first-order chi connectivity index (χ1) is 12.5. The highest BCUT2D eigenvalue weighted by atomic mass is 19.1. The summed E-state index contributed by atoms with van der Waals surface area (Å²) in [6.45, 7) is 1.41. The Morgan fingerprint density at radius 2 is 2.27 bits per heavy atom. The molecule has 0 spiro atoms. The molecular formula is C17H20FN5O3. The summed E-state index contributed by atoms with van der Waals surface area (Å²) in [6.07, 6.45) is 5.24. The molecule has 1 fully saturated rings. The van der Waals surface area contributed by atoms with Gasteiger partial charge in [0.1, 0.15) is 0 Å². The zero-order valence-corrected chi connectivity index (χ0v) is 14.6. The van der Waals surface area contributed by atoms with E-state index in [4.69, 9.17) is 4.74 Å². The molecule has 2 aromatic heterocycles. The number of morpholine rings is 1. The lowest BCUT2D eigenvalue weighted by Gasteiger charge is -2.35. The molecule has 1 atom stereocenters. The monoisotopic (exact) mass is 361 g/mol. The van der Waals surface area contributed by atoms with Gasteiger partial charge in [-0.25, -0.2) is 9.37 Å². The number of likely N-dealkylation sites (N-methyl/N-ethyl adjacent to an activating group) is 1. The number of aromatic nitrogens is 3. The molecule has 0 aromatic carbocycles. The van der Waals surface area contributed by atoms with Crippen LogP contribution < -0.4 is 10.5 Å². The molecular weight excluding hydrogens is 341 g/mol. The number of hydrogen-bond donors (Lipinski definition) is 0. The molecule has 0 aliphatic carbocycles. The van der Waals surface area contributed by atoms with E-state index < -0.39 is 11.7 Å². The van der Waals surface area contributed by atoms with Crippen LogP contribution in [0, 0.1) is 5.82 Å². The third-order valence-corrected chi connectivity index (χ3v) is 4.27. The summed E-state index contributed by atoms with van der Waals surface area (Å²) >= 11 is 0. The van der Waals surface area contributed by atoms with E-state index in [9.17, 15) is 14.0 Å². The Balaban J connectivity index is 1.69. The number of hydrogen-bond acceptors (Lipinski definition) is 6. The number of nitrogens with zero attached hydrogens (tertiary/aromatic N) is 5. The predicted octanol–water partition coefficient (Wildman–Crippen LogP) is 0.292. The highest BCUT2D eigenvalue weighted by molar-refractivity contribution is 5.94. The van der Waals surface area contributed by atoms with Crippen LogP contribution in [0.2, 0.25) is 0 Å². The van der Waals surface area contributed by atoms with E-state index in [1.807, 2.05) is 0 Å². The molecule has 3 heterocycles. The van der Waals surface area contributed by atoms with E-state index in [1.165, 1.54) is 16.8 Å². The zero-order valence-electron chi connectivity index (χ0n) is 14.6. The second-order valence-electron chi connectivity index (χ2n) is 6.15. The van der Waals surface area contributed by atoms with E-state index in [0.717, 1.165) is 6.20 Å². The average Bonchev–Trinajstić information content (AvgIpc) is 2.64. The summed E-state index contributed by atoms with van der Waals surface area (Å²) in [6, 6.07) is 1.37. The van der Waals surface area contributed by atoms with Crippen LogP contribution in [0.25, 0.3) is 0 Å². The first kappa shape index (κ1) is 18.0. The van der Waals surface area contributed by atoms with Crippen molar-refractivity contribution < 1.29 is 13.9 Å². The number of halogens is 1. The van der Waals surface area contributed by atoms with Crippen LogP contribution in [0.5, 0.6) is 0 Å². The molecule has 3 rings (SSSR count). The molecule has 1 saturated heterocycles. The lowest BCUT2D eigenvalue weighted by molar-refractivity contribution is -0.0173.